The summed E-state index contributed by atoms with van der Waals surface area (Å²) in [7, 11) is 1.53. The zero-order chi connectivity index (χ0) is 21.4. The predicted octanol–water partition coefficient (Wildman–Crippen LogP) is 0.140. The molecule has 0 spiro atoms. The lowest BCUT2D eigenvalue weighted by Gasteiger charge is -2.33. The average molecular weight is 401 g/mol. The van der Waals surface area contributed by atoms with Gasteiger partial charge in [-0.05, 0) is 30.2 Å². The van der Waals surface area contributed by atoms with E-state index in [-0.39, 0.29) is 6.42 Å². The number of nitrogens with one attached hydrogen (secondary N) is 2. The summed E-state index contributed by atoms with van der Waals surface area (Å²) < 4.78 is 5.09. The van der Waals surface area contributed by atoms with Crippen LogP contribution in [0, 0.1) is 0 Å². The monoisotopic (exact) mass is 401 g/mol. The molecule has 0 aliphatic heterocycles. The van der Waals surface area contributed by atoms with Crippen LogP contribution in [0.1, 0.15) is 24.2 Å². The number of aliphatic hydroxyl groups excluding tert-OH is 2. The van der Waals surface area contributed by atoms with Crippen molar-refractivity contribution in [3.8, 4) is 5.75 Å². The molecule has 29 heavy (non-hydrogen) atoms. The molecular formula is C21H25N2O6-. The number of methoxy groups -OCH3 is 1. The Morgan fingerprint density at radius 2 is 1.76 bits per heavy atom. The number of rotatable bonds is 9. The highest BCUT2D eigenvalue weighted by atomic mass is 16.5. The Hall–Kier alpha value is -3.10. The van der Waals surface area contributed by atoms with Crippen LogP contribution < -0.4 is 20.5 Å². The van der Waals surface area contributed by atoms with Crippen LogP contribution in [0.3, 0.4) is 0 Å². The molecule has 0 aliphatic rings. The quantitative estimate of drug-likeness (QED) is 0.473. The number of ether oxygens (including phenoxy) is 1. The van der Waals surface area contributed by atoms with Gasteiger partial charge in [0.1, 0.15) is 23.5 Å². The number of carbonyl (C=O) groups is 2. The van der Waals surface area contributed by atoms with Crippen molar-refractivity contribution in [2.75, 3.05) is 13.7 Å². The molecular weight excluding hydrogens is 376 g/mol. The number of amides is 2. The van der Waals surface area contributed by atoms with Crippen molar-refractivity contribution in [3.05, 3.63) is 65.7 Å². The van der Waals surface area contributed by atoms with E-state index >= 15 is 0 Å². The minimum Gasteiger partial charge on any atom is -0.530 e. The van der Waals surface area contributed by atoms with Crippen LogP contribution in [0.2, 0.25) is 0 Å². The van der Waals surface area contributed by atoms with Gasteiger partial charge in [-0.1, -0.05) is 42.5 Å². The lowest BCUT2D eigenvalue weighted by Crippen LogP contribution is -2.62. The van der Waals surface area contributed by atoms with Crippen LogP contribution in [-0.4, -0.2) is 47.5 Å². The molecule has 0 radical (unpaired) electrons. The fraction of sp³-hybridized carbons (Fsp3) is 0.333. The van der Waals surface area contributed by atoms with E-state index in [0.717, 1.165) is 0 Å². The zero-order valence-electron chi connectivity index (χ0n) is 16.3. The summed E-state index contributed by atoms with van der Waals surface area (Å²) in [6, 6.07) is 14.3. The Kier molecular flexibility index (Phi) is 7.58. The molecule has 2 aromatic rings. The molecule has 0 saturated heterocycles. The molecule has 0 aliphatic carbocycles. The number of benzene rings is 2. The van der Waals surface area contributed by atoms with Crippen molar-refractivity contribution in [2.45, 2.75) is 31.0 Å². The fourth-order valence-corrected chi connectivity index (χ4v) is 2.99. The van der Waals surface area contributed by atoms with Gasteiger partial charge in [0.25, 0.3) is 0 Å². The molecule has 3 unspecified atom stereocenters. The molecule has 0 saturated carbocycles. The van der Waals surface area contributed by atoms with E-state index in [4.69, 9.17) is 4.74 Å². The molecule has 3 atom stereocenters. The van der Waals surface area contributed by atoms with E-state index < -0.39 is 36.3 Å². The zero-order valence-corrected chi connectivity index (χ0v) is 16.3. The van der Waals surface area contributed by atoms with E-state index in [9.17, 15) is 24.9 Å². The van der Waals surface area contributed by atoms with Gasteiger partial charge in [0.2, 0.25) is 5.91 Å². The van der Waals surface area contributed by atoms with Crippen molar-refractivity contribution in [1.29, 1.82) is 0 Å². The maximum atomic E-state index is 12.9. The number of aliphatic hydroxyl groups is 2. The molecule has 8 heteroatoms. The Bertz CT molecular complexity index is 812. The fourth-order valence-electron chi connectivity index (χ4n) is 2.99. The number of hydrogen-bond acceptors (Lipinski definition) is 6. The van der Waals surface area contributed by atoms with Gasteiger partial charge >= 0.3 is 0 Å². The van der Waals surface area contributed by atoms with E-state index in [2.05, 4.69) is 10.6 Å². The van der Waals surface area contributed by atoms with Gasteiger partial charge < -0.3 is 35.5 Å². The Morgan fingerprint density at radius 1 is 1.14 bits per heavy atom. The van der Waals surface area contributed by atoms with Gasteiger partial charge in [-0.25, -0.2) is 0 Å². The first-order valence-corrected chi connectivity index (χ1v) is 9.06. The minimum absolute atomic E-state index is 0.0242. The summed E-state index contributed by atoms with van der Waals surface area (Å²) in [5.41, 5.74) is -0.394. The first-order chi connectivity index (χ1) is 13.8. The second-order valence-corrected chi connectivity index (χ2v) is 6.89. The summed E-state index contributed by atoms with van der Waals surface area (Å²) >= 11 is 0. The van der Waals surface area contributed by atoms with Crippen molar-refractivity contribution in [3.63, 3.8) is 0 Å². The maximum Gasteiger partial charge on any atom is 0.246 e. The lowest BCUT2D eigenvalue weighted by molar-refractivity contribution is -0.252. The highest BCUT2D eigenvalue weighted by molar-refractivity contribution is 5.89. The maximum absolute atomic E-state index is 12.9. The normalized spacial score (nSPS) is 14.9. The van der Waals surface area contributed by atoms with Crippen molar-refractivity contribution in [2.24, 2.45) is 0 Å². The molecule has 8 nitrogen and oxygen atoms in total. The van der Waals surface area contributed by atoms with Crippen LogP contribution in [0.5, 0.6) is 5.75 Å². The van der Waals surface area contributed by atoms with E-state index in [1.807, 2.05) is 0 Å². The van der Waals surface area contributed by atoms with E-state index in [1.165, 1.54) is 14.0 Å². The van der Waals surface area contributed by atoms with Crippen LogP contribution >= 0.6 is 0 Å². The molecule has 2 amide bonds. The standard InChI is InChI=1S/C21H26N2O6/c1-21(23-20(27)28,12-14-8-10-16(29-2)11-9-14)19(26)22-17(13-24)18(25)15-6-4-3-5-7-15/h3-11,17-18,23-25H,12-13H2,1-2H3,(H,22,26)(H,27,28)/p-1. The second-order valence-electron chi connectivity index (χ2n) is 6.89. The van der Waals surface area contributed by atoms with Crippen LogP contribution in [0.25, 0.3) is 0 Å². The number of hydrogen-bond donors (Lipinski definition) is 4. The second kappa shape index (κ2) is 9.90. The Balaban J connectivity index is 2.20. The van der Waals surface area contributed by atoms with Crippen molar-refractivity contribution in [1.82, 2.24) is 10.6 Å². The smallest absolute Gasteiger partial charge is 0.246 e. The summed E-state index contributed by atoms with van der Waals surface area (Å²) in [6.45, 7) is 0.872. The highest BCUT2D eigenvalue weighted by Gasteiger charge is 2.36. The molecule has 2 rings (SSSR count). The van der Waals surface area contributed by atoms with E-state index in [1.54, 1.807) is 54.6 Å². The predicted molar refractivity (Wildman–Crippen MR) is 104 cm³/mol. The van der Waals surface area contributed by atoms with Crippen LogP contribution in [-0.2, 0) is 11.2 Å². The molecule has 0 aromatic heterocycles. The van der Waals surface area contributed by atoms with Crippen molar-refractivity contribution >= 4 is 12.0 Å². The summed E-state index contributed by atoms with van der Waals surface area (Å²) in [6.07, 6.45) is -2.75. The molecule has 0 fully saturated rings. The van der Waals surface area contributed by atoms with Gasteiger partial charge in [-0.3, -0.25) is 4.79 Å². The van der Waals surface area contributed by atoms with Gasteiger partial charge in [0.05, 0.1) is 19.8 Å². The third kappa shape index (κ3) is 5.94. The first-order valence-electron chi connectivity index (χ1n) is 9.06. The first kappa shape index (κ1) is 22.2. The minimum atomic E-state index is -1.61. The Morgan fingerprint density at radius 3 is 2.28 bits per heavy atom. The number of carboxylic acid groups (broad SMARTS) is 1. The van der Waals surface area contributed by atoms with Crippen LogP contribution in [0.15, 0.2) is 54.6 Å². The van der Waals surface area contributed by atoms with E-state index in [0.29, 0.717) is 16.9 Å². The molecule has 0 bridgehead atoms. The molecule has 156 valence electrons. The van der Waals surface area contributed by atoms with Gasteiger partial charge in [0, 0.05) is 6.42 Å². The highest BCUT2D eigenvalue weighted by Crippen LogP contribution is 2.20. The third-order valence-corrected chi connectivity index (χ3v) is 4.63. The summed E-state index contributed by atoms with van der Waals surface area (Å²) in [4.78, 5) is 24.1. The Labute approximate surface area is 169 Å². The SMILES string of the molecule is COc1ccc(CC(C)(NC(=O)[O-])C(=O)NC(CO)C(O)c2ccccc2)cc1. The molecule has 0 heterocycles. The average Bonchev–Trinajstić information content (AvgIpc) is 2.71. The van der Waals surface area contributed by atoms with Gasteiger partial charge in [-0.15, -0.1) is 0 Å². The van der Waals surface area contributed by atoms with Gasteiger partial charge in [-0.2, -0.15) is 0 Å². The molecule has 2 aromatic carbocycles. The largest absolute Gasteiger partial charge is 0.530 e. The third-order valence-electron chi connectivity index (χ3n) is 4.63. The molecule has 4 N–H and O–H groups in total. The summed E-state index contributed by atoms with van der Waals surface area (Å²) in [5, 5.41) is 36.0. The lowest BCUT2D eigenvalue weighted by atomic mass is 9.91. The van der Waals surface area contributed by atoms with Crippen molar-refractivity contribution < 1.29 is 29.6 Å². The topological polar surface area (TPSA) is 131 Å². The van der Waals surface area contributed by atoms with Gasteiger partial charge in [0.15, 0.2) is 0 Å². The van der Waals surface area contributed by atoms with Crippen LogP contribution in [0.4, 0.5) is 4.79 Å². The summed E-state index contributed by atoms with van der Waals surface area (Å²) in [5.74, 6) is -0.0781. The number of carbonyl (C=O) groups excluding carboxylic acids is 2.